The number of nitriles is 1. The fourth-order valence-electron chi connectivity index (χ4n) is 5.10. The SMILES string of the molecule is CCCCCCC(C)c1ccc(OC(=O)C2(c3ccc(CC)cc3)CCCCC2)c(C#N)c1. The average molecular weight is 446 g/mol. The lowest BCUT2D eigenvalue weighted by Gasteiger charge is -2.35. The summed E-state index contributed by atoms with van der Waals surface area (Å²) in [7, 11) is 0. The van der Waals surface area contributed by atoms with Crippen molar-refractivity contribution in [2.75, 3.05) is 0 Å². The molecule has 0 heterocycles. The number of nitrogens with zero attached hydrogens (tertiary/aromatic N) is 1. The number of carbonyl (C=O) groups is 1. The highest BCUT2D eigenvalue weighted by Gasteiger charge is 2.43. The molecule has 3 heteroatoms. The van der Waals surface area contributed by atoms with Gasteiger partial charge in [0.05, 0.1) is 11.0 Å². The Labute approximate surface area is 200 Å². The first-order chi connectivity index (χ1) is 16.0. The van der Waals surface area contributed by atoms with Crippen LogP contribution in [0.3, 0.4) is 0 Å². The number of carbonyl (C=O) groups excluding carboxylic acids is 1. The Kier molecular flexibility index (Phi) is 9.12. The van der Waals surface area contributed by atoms with E-state index in [1.165, 1.54) is 31.2 Å². The zero-order valence-corrected chi connectivity index (χ0v) is 20.7. The molecule has 0 spiro atoms. The Morgan fingerprint density at radius 1 is 1.03 bits per heavy atom. The largest absolute Gasteiger partial charge is 0.424 e. The molecule has 0 radical (unpaired) electrons. The van der Waals surface area contributed by atoms with E-state index in [1.54, 1.807) is 0 Å². The van der Waals surface area contributed by atoms with E-state index in [2.05, 4.69) is 51.1 Å². The first-order valence-electron chi connectivity index (χ1n) is 12.9. The summed E-state index contributed by atoms with van der Waals surface area (Å²) in [5.41, 5.74) is 3.28. The van der Waals surface area contributed by atoms with Crippen LogP contribution in [0.1, 0.15) is 113 Å². The lowest BCUT2D eigenvalue weighted by atomic mass is 9.69. The summed E-state index contributed by atoms with van der Waals surface area (Å²) in [6.07, 6.45) is 11.8. The van der Waals surface area contributed by atoms with Crippen molar-refractivity contribution in [2.45, 2.75) is 103 Å². The maximum atomic E-state index is 13.6. The third kappa shape index (κ3) is 6.05. The molecule has 2 aromatic carbocycles. The molecular weight excluding hydrogens is 406 g/mol. The van der Waals surface area contributed by atoms with E-state index >= 15 is 0 Å². The Bertz CT molecular complexity index is 948. The Morgan fingerprint density at radius 2 is 1.76 bits per heavy atom. The molecule has 33 heavy (non-hydrogen) atoms. The van der Waals surface area contributed by atoms with Crippen LogP contribution in [0.5, 0.6) is 5.75 Å². The molecular formula is C30H39NO2. The average Bonchev–Trinajstić information content (AvgIpc) is 2.87. The summed E-state index contributed by atoms with van der Waals surface area (Å²) in [6.45, 7) is 6.57. The molecule has 2 aromatic rings. The number of hydrogen-bond donors (Lipinski definition) is 0. The molecule has 0 saturated heterocycles. The van der Waals surface area contributed by atoms with Crippen molar-refractivity contribution >= 4 is 5.97 Å². The van der Waals surface area contributed by atoms with Crippen LogP contribution in [0.2, 0.25) is 0 Å². The molecule has 0 aromatic heterocycles. The fourth-order valence-corrected chi connectivity index (χ4v) is 5.10. The van der Waals surface area contributed by atoms with Gasteiger partial charge in [0.15, 0.2) is 0 Å². The van der Waals surface area contributed by atoms with E-state index in [-0.39, 0.29) is 5.97 Å². The molecule has 176 valence electrons. The van der Waals surface area contributed by atoms with Gasteiger partial charge in [-0.15, -0.1) is 0 Å². The number of rotatable bonds is 10. The van der Waals surface area contributed by atoms with Crippen LogP contribution in [0.15, 0.2) is 42.5 Å². The van der Waals surface area contributed by atoms with Crippen molar-refractivity contribution < 1.29 is 9.53 Å². The van der Waals surface area contributed by atoms with Crippen molar-refractivity contribution in [1.82, 2.24) is 0 Å². The minimum absolute atomic E-state index is 0.219. The molecule has 0 amide bonds. The molecule has 1 unspecified atom stereocenters. The maximum Gasteiger partial charge on any atom is 0.321 e. The van der Waals surface area contributed by atoms with E-state index in [4.69, 9.17) is 4.74 Å². The quantitative estimate of drug-likeness (QED) is 0.211. The van der Waals surface area contributed by atoms with Gasteiger partial charge in [0.2, 0.25) is 0 Å². The molecule has 1 fully saturated rings. The molecule has 1 aliphatic carbocycles. The second-order valence-electron chi connectivity index (χ2n) is 9.70. The van der Waals surface area contributed by atoms with Gasteiger partial charge >= 0.3 is 5.97 Å². The van der Waals surface area contributed by atoms with Gasteiger partial charge < -0.3 is 4.74 Å². The van der Waals surface area contributed by atoms with Crippen LogP contribution >= 0.6 is 0 Å². The number of aryl methyl sites for hydroxylation is 1. The van der Waals surface area contributed by atoms with Crippen molar-refractivity contribution in [1.29, 1.82) is 5.26 Å². The van der Waals surface area contributed by atoms with Gasteiger partial charge in [-0.1, -0.05) is 96.0 Å². The van der Waals surface area contributed by atoms with E-state index in [9.17, 15) is 10.1 Å². The van der Waals surface area contributed by atoms with Crippen LogP contribution in [0.25, 0.3) is 0 Å². The molecule has 3 rings (SSSR count). The minimum atomic E-state index is -0.623. The molecule has 1 aliphatic rings. The number of hydrogen-bond acceptors (Lipinski definition) is 3. The fraction of sp³-hybridized carbons (Fsp3) is 0.533. The molecule has 0 bridgehead atoms. The maximum absolute atomic E-state index is 13.6. The van der Waals surface area contributed by atoms with E-state index in [0.717, 1.165) is 56.1 Å². The minimum Gasteiger partial charge on any atom is -0.424 e. The predicted octanol–water partition coefficient (Wildman–Crippen LogP) is 8.00. The van der Waals surface area contributed by atoms with Crippen LogP contribution < -0.4 is 4.74 Å². The van der Waals surface area contributed by atoms with Crippen molar-refractivity contribution in [3.8, 4) is 11.8 Å². The van der Waals surface area contributed by atoms with Crippen molar-refractivity contribution in [2.24, 2.45) is 0 Å². The Hall–Kier alpha value is -2.60. The number of esters is 1. The first kappa shape index (κ1) is 25.0. The third-order valence-electron chi connectivity index (χ3n) is 7.40. The van der Waals surface area contributed by atoms with E-state index < -0.39 is 5.41 Å². The monoisotopic (exact) mass is 445 g/mol. The molecule has 0 aliphatic heterocycles. The smallest absolute Gasteiger partial charge is 0.321 e. The zero-order valence-electron chi connectivity index (χ0n) is 20.7. The molecule has 1 atom stereocenters. The van der Waals surface area contributed by atoms with Crippen LogP contribution in [0, 0.1) is 11.3 Å². The Morgan fingerprint density at radius 3 is 2.39 bits per heavy atom. The van der Waals surface area contributed by atoms with Crippen molar-refractivity contribution in [3.05, 3.63) is 64.7 Å². The van der Waals surface area contributed by atoms with Gasteiger partial charge in [-0.05, 0) is 60.4 Å². The highest BCUT2D eigenvalue weighted by atomic mass is 16.5. The summed E-state index contributed by atoms with van der Waals surface area (Å²) in [6, 6.07) is 16.5. The standard InChI is InChI=1S/C30H39NO2/c1-4-6-7-9-12-23(3)25-15-18-28(26(21-25)22-31)33-29(32)30(19-10-8-11-20-30)27-16-13-24(5-2)14-17-27/h13-18,21,23H,4-12,19-20H2,1-3H3. The normalized spacial score (nSPS) is 16.1. The third-order valence-corrected chi connectivity index (χ3v) is 7.40. The van der Waals surface area contributed by atoms with Gasteiger partial charge in [0.25, 0.3) is 0 Å². The van der Waals surface area contributed by atoms with Gasteiger partial charge in [-0.2, -0.15) is 5.26 Å². The Balaban J connectivity index is 1.79. The summed E-state index contributed by atoms with van der Waals surface area (Å²) >= 11 is 0. The van der Waals surface area contributed by atoms with Gasteiger partial charge in [0, 0.05) is 0 Å². The summed E-state index contributed by atoms with van der Waals surface area (Å²) in [4.78, 5) is 13.6. The molecule has 1 saturated carbocycles. The van der Waals surface area contributed by atoms with Gasteiger partial charge in [-0.3, -0.25) is 4.79 Å². The highest BCUT2D eigenvalue weighted by Crippen LogP contribution is 2.41. The number of ether oxygens (including phenoxy) is 1. The highest BCUT2D eigenvalue weighted by molar-refractivity contribution is 5.85. The van der Waals surface area contributed by atoms with Crippen LogP contribution in [-0.2, 0) is 16.6 Å². The van der Waals surface area contributed by atoms with Crippen LogP contribution in [-0.4, -0.2) is 5.97 Å². The van der Waals surface area contributed by atoms with Gasteiger partial charge in [0.1, 0.15) is 11.8 Å². The second-order valence-corrected chi connectivity index (χ2v) is 9.70. The van der Waals surface area contributed by atoms with Crippen LogP contribution in [0.4, 0.5) is 0 Å². The first-order valence-corrected chi connectivity index (χ1v) is 12.9. The lowest BCUT2D eigenvalue weighted by Crippen LogP contribution is -2.41. The number of benzene rings is 2. The lowest BCUT2D eigenvalue weighted by molar-refractivity contribution is -0.142. The molecule has 3 nitrogen and oxygen atoms in total. The van der Waals surface area contributed by atoms with Gasteiger partial charge in [-0.25, -0.2) is 0 Å². The van der Waals surface area contributed by atoms with E-state index in [0.29, 0.717) is 17.2 Å². The van der Waals surface area contributed by atoms with Crippen molar-refractivity contribution in [3.63, 3.8) is 0 Å². The predicted molar refractivity (Wildman–Crippen MR) is 135 cm³/mol. The van der Waals surface area contributed by atoms with E-state index in [1.807, 2.05) is 18.2 Å². The summed E-state index contributed by atoms with van der Waals surface area (Å²) < 4.78 is 5.98. The zero-order chi connectivity index (χ0) is 23.7. The molecule has 0 N–H and O–H groups in total. The summed E-state index contributed by atoms with van der Waals surface area (Å²) in [5.74, 6) is 0.559. The number of unbranched alkanes of at least 4 members (excludes halogenated alkanes) is 3. The topological polar surface area (TPSA) is 50.1 Å². The second kappa shape index (κ2) is 12.0. The summed E-state index contributed by atoms with van der Waals surface area (Å²) in [5, 5.41) is 9.79.